The second-order valence-corrected chi connectivity index (χ2v) is 4.57. The van der Waals surface area contributed by atoms with E-state index in [9.17, 15) is 9.90 Å². The molecule has 5 heteroatoms. The van der Waals surface area contributed by atoms with Crippen molar-refractivity contribution >= 4 is 5.97 Å². The number of aromatic nitrogens is 2. The van der Waals surface area contributed by atoms with Crippen molar-refractivity contribution in [1.82, 2.24) is 9.97 Å². The number of methoxy groups -OCH3 is 1. The van der Waals surface area contributed by atoms with Crippen LogP contribution in [0.25, 0.3) is 0 Å². The molecule has 0 saturated carbocycles. The summed E-state index contributed by atoms with van der Waals surface area (Å²) < 4.78 is 4.99. The molecule has 0 amide bonds. The van der Waals surface area contributed by atoms with Gasteiger partial charge in [-0.05, 0) is 18.9 Å². The van der Waals surface area contributed by atoms with Gasteiger partial charge < -0.3 is 9.84 Å². The number of nitrogens with zero attached hydrogens (tertiary/aromatic N) is 2. The van der Waals surface area contributed by atoms with Gasteiger partial charge in [-0.1, -0.05) is 29.8 Å². The highest BCUT2D eigenvalue weighted by atomic mass is 16.5. The number of carboxylic acid groups (broad SMARTS) is 1. The number of benzene rings is 1. The van der Waals surface area contributed by atoms with Gasteiger partial charge in [-0.3, -0.25) is 9.78 Å². The first-order chi connectivity index (χ1) is 9.60. The van der Waals surface area contributed by atoms with Gasteiger partial charge in [0.25, 0.3) is 0 Å². The Morgan fingerprint density at radius 2 is 2.20 bits per heavy atom. The molecule has 0 spiro atoms. The summed E-state index contributed by atoms with van der Waals surface area (Å²) in [5, 5.41) is 9.41. The molecule has 0 radical (unpaired) electrons. The van der Waals surface area contributed by atoms with E-state index in [1.54, 1.807) is 0 Å². The van der Waals surface area contributed by atoms with Crippen LogP contribution in [0, 0.1) is 6.92 Å². The maximum absolute atomic E-state index is 11.5. The fraction of sp³-hybridized carbons (Fsp3) is 0.267. The van der Waals surface area contributed by atoms with Gasteiger partial charge in [0.2, 0.25) is 5.88 Å². The monoisotopic (exact) mass is 272 g/mol. The molecule has 2 rings (SSSR count). The first-order valence-corrected chi connectivity index (χ1v) is 6.24. The highest BCUT2D eigenvalue weighted by Gasteiger charge is 2.22. The van der Waals surface area contributed by atoms with Gasteiger partial charge in [0.15, 0.2) is 0 Å². The van der Waals surface area contributed by atoms with Crippen LogP contribution in [0.1, 0.15) is 22.7 Å². The first kappa shape index (κ1) is 14.0. The third kappa shape index (κ3) is 3.32. The first-order valence-electron chi connectivity index (χ1n) is 6.24. The molecule has 1 atom stereocenters. The fourth-order valence-electron chi connectivity index (χ4n) is 2.02. The van der Waals surface area contributed by atoms with E-state index in [1.165, 1.54) is 19.5 Å². The van der Waals surface area contributed by atoms with Gasteiger partial charge in [-0.25, -0.2) is 4.98 Å². The molecule has 0 saturated heterocycles. The molecule has 1 aromatic heterocycles. The average molecular weight is 272 g/mol. The van der Waals surface area contributed by atoms with Crippen LogP contribution in [-0.2, 0) is 11.2 Å². The summed E-state index contributed by atoms with van der Waals surface area (Å²) in [5.74, 6) is -1.34. The summed E-state index contributed by atoms with van der Waals surface area (Å²) in [6, 6.07) is 7.78. The van der Waals surface area contributed by atoms with Crippen molar-refractivity contribution in [1.29, 1.82) is 0 Å². The molecule has 2 aromatic rings. The molecule has 1 aromatic carbocycles. The van der Waals surface area contributed by atoms with Crippen molar-refractivity contribution in [2.45, 2.75) is 19.3 Å². The summed E-state index contributed by atoms with van der Waals surface area (Å²) in [7, 11) is 1.48. The van der Waals surface area contributed by atoms with Gasteiger partial charge in [0, 0.05) is 6.20 Å². The number of aliphatic carboxylic acids is 1. The molecule has 20 heavy (non-hydrogen) atoms. The van der Waals surface area contributed by atoms with Crippen molar-refractivity contribution in [3.63, 3.8) is 0 Å². The Hall–Kier alpha value is -2.43. The quantitative estimate of drug-likeness (QED) is 0.903. The zero-order valence-electron chi connectivity index (χ0n) is 11.4. The molecule has 0 bridgehead atoms. The number of aryl methyl sites for hydroxylation is 1. The maximum atomic E-state index is 11.5. The lowest BCUT2D eigenvalue weighted by Crippen LogP contribution is -2.16. The molecule has 1 heterocycles. The van der Waals surface area contributed by atoms with Crippen LogP contribution in [0.2, 0.25) is 0 Å². The van der Waals surface area contributed by atoms with E-state index in [4.69, 9.17) is 4.74 Å². The van der Waals surface area contributed by atoms with E-state index >= 15 is 0 Å². The Kier molecular flexibility index (Phi) is 4.30. The van der Waals surface area contributed by atoms with Crippen LogP contribution in [0.15, 0.2) is 36.7 Å². The Bertz CT molecular complexity index is 614. The minimum Gasteiger partial charge on any atom is -0.481 e. The number of rotatable bonds is 5. The SMILES string of the molecule is COc1cncc(C(Cc2cccc(C)c2)C(=O)O)n1. The van der Waals surface area contributed by atoms with Crippen LogP contribution in [0.3, 0.4) is 0 Å². The smallest absolute Gasteiger partial charge is 0.312 e. The molecular formula is C15H16N2O3. The fourth-order valence-corrected chi connectivity index (χ4v) is 2.02. The van der Waals surface area contributed by atoms with Crippen molar-refractivity contribution < 1.29 is 14.6 Å². The number of carbonyl (C=O) groups is 1. The van der Waals surface area contributed by atoms with E-state index in [1.807, 2.05) is 31.2 Å². The third-order valence-corrected chi connectivity index (χ3v) is 3.02. The van der Waals surface area contributed by atoms with Crippen molar-refractivity contribution in [3.05, 3.63) is 53.5 Å². The lowest BCUT2D eigenvalue weighted by Gasteiger charge is -2.12. The van der Waals surface area contributed by atoms with Crippen LogP contribution in [-0.4, -0.2) is 28.2 Å². The molecule has 1 N–H and O–H groups in total. The second-order valence-electron chi connectivity index (χ2n) is 4.57. The van der Waals surface area contributed by atoms with Crippen molar-refractivity contribution in [2.75, 3.05) is 7.11 Å². The zero-order chi connectivity index (χ0) is 14.5. The largest absolute Gasteiger partial charge is 0.481 e. The topological polar surface area (TPSA) is 72.3 Å². The van der Waals surface area contributed by atoms with Crippen LogP contribution < -0.4 is 4.74 Å². The summed E-state index contributed by atoms with van der Waals surface area (Å²) in [6.45, 7) is 1.98. The summed E-state index contributed by atoms with van der Waals surface area (Å²) >= 11 is 0. The predicted octanol–water partition coefficient (Wildman–Crippen LogP) is 2.20. The van der Waals surface area contributed by atoms with Gasteiger partial charge in [0.05, 0.1) is 19.0 Å². The zero-order valence-corrected chi connectivity index (χ0v) is 11.4. The highest BCUT2D eigenvalue weighted by molar-refractivity contribution is 5.75. The molecule has 104 valence electrons. The lowest BCUT2D eigenvalue weighted by atomic mass is 9.95. The van der Waals surface area contributed by atoms with E-state index in [0.717, 1.165) is 11.1 Å². The molecule has 1 unspecified atom stereocenters. The van der Waals surface area contributed by atoms with Crippen LogP contribution >= 0.6 is 0 Å². The van der Waals surface area contributed by atoms with Crippen LogP contribution in [0.4, 0.5) is 0 Å². The standard InChI is InChI=1S/C15H16N2O3/c1-10-4-3-5-11(6-10)7-12(15(18)19)13-8-16-9-14(17-13)20-2/h3-6,8-9,12H,7H2,1-2H3,(H,18,19). The molecule has 0 fully saturated rings. The lowest BCUT2D eigenvalue weighted by molar-refractivity contribution is -0.138. The van der Waals surface area contributed by atoms with E-state index < -0.39 is 11.9 Å². The van der Waals surface area contributed by atoms with Crippen LogP contribution in [0.5, 0.6) is 5.88 Å². The molecule has 5 nitrogen and oxygen atoms in total. The Morgan fingerprint density at radius 3 is 2.85 bits per heavy atom. The molecule has 0 aliphatic carbocycles. The number of carboxylic acids is 1. The predicted molar refractivity (Wildman–Crippen MR) is 73.8 cm³/mol. The van der Waals surface area contributed by atoms with Gasteiger partial charge in [-0.2, -0.15) is 0 Å². The number of ether oxygens (including phenoxy) is 1. The minimum atomic E-state index is -0.922. The Labute approximate surface area is 117 Å². The van der Waals surface area contributed by atoms with Gasteiger partial charge in [-0.15, -0.1) is 0 Å². The van der Waals surface area contributed by atoms with E-state index in [2.05, 4.69) is 9.97 Å². The van der Waals surface area contributed by atoms with E-state index in [0.29, 0.717) is 18.0 Å². The number of hydrogen-bond donors (Lipinski definition) is 1. The number of hydrogen-bond acceptors (Lipinski definition) is 4. The molecule has 0 aliphatic heterocycles. The maximum Gasteiger partial charge on any atom is 0.312 e. The summed E-state index contributed by atoms with van der Waals surface area (Å²) in [6.07, 6.45) is 3.30. The van der Waals surface area contributed by atoms with Gasteiger partial charge in [0.1, 0.15) is 5.92 Å². The van der Waals surface area contributed by atoms with E-state index in [-0.39, 0.29) is 0 Å². The second kappa shape index (κ2) is 6.14. The summed E-state index contributed by atoms with van der Waals surface area (Å²) in [5.41, 5.74) is 2.46. The minimum absolute atomic E-state index is 0.318. The normalized spacial score (nSPS) is 11.9. The van der Waals surface area contributed by atoms with Crippen molar-refractivity contribution in [3.8, 4) is 5.88 Å². The Morgan fingerprint density at radius 1 is 1.40 bits per heavy atom. The van der Waals surface area contributed by atoms with Crippen molar-refractivity contribution in [2.24, 2.45) is 0 Å². The van der Waals surface area contributed by atoms with Gasteiger partial charge >= 0.3 is 5.97 Å². The Balaban J connectivity index is 2.29. The molecular weight excluding hydrogens is 256 g/mol. The summed E-state index contributed by atoms with van der Waals surface area (Å²) in [4.78, 5) is 19.6. The molecule has 0 aliphatic rings. The third-order valence-electron chi connectivity index (χ3n) is 3.02. The average Bonchev–Trinajstić information content (AvgIpc) is 2.44. The highest BCUT2D eigenvalue weighted by Crippen LogP contribution is 2.21.